The number of nitrogens with zero attached hydrogens (tertiary/aromatic N) is 3. The van der Waals surface area contributed by atoms with Crippen LogP contribution in [0, 0.1) is 5.92 Å². The molecule has 0 amide bonds. The van der Waals surface area contributed by atoms with Crippen LogP contribution in [0.15, 0.2) is 60.8 Å². The van der Waals surface area contributed by atoms with Gasteiger partial charge in [-0.2, -0.15) is 0 Å². The molecule has 0 fully saturated rings. The maximum Gasteiger partial charge on any atom is 0.341 e. The minimum absolute atomic E-state index is 0.364. The first-order valence-electron chi connectivity index (χ1n) is 14.2. The molecular weight excluding hydrogens is 486 g/mol. The predicted molar refractivity (Wildman–Crippen MR) is 157 cm³/mol. The molecule has 204 valence electrons. The van der Waals surface area contributed by atoms with E-state index >= 15 is 0 Å². The van der Waals surface area contributed by atoms with E-state index in [0.29, 0.717) is 29.5 Å². The molecule has 1 aliphatic heterocycles. The quantitative estimate of drug-likeness (QED) is 0.210. The lowest BCUT2D eigenvalue weighted by Gasteiger charge is -2.33. The minimum atomic E-state index is -1.25. The number of para-hydroxylation sites is 1. The number of carbonyl (C=O) groups is 1. The number of aromatic nitrogens is 2. The third kappa shape index (κ3) is 4.26. The van der Waals surface area contributed by atoms with Crippen molar-refractivity contribution in [1.29, 1.82) is 0 Å². The third-order valence-electron chi connectivity index (χ3n) is 7.73. The Kier molecular flexibility index (Phi) is 7.39. The molecule has 0 bridgehead atoms. The Hall–Kier alpha value is -3.80. The lowest BCUT2D eigenvalue weighted by atomic mass is 9.79. The molecule has 3 heterocycles. The van der Waals surface area contributed by atoms with Gasteiger partial charge in [0.15, 0.2) is 0 Å². The molecule has 1 aliphatic rings. The molecule has 0 saturated heterocycles. The van der Waals surface area contributed by atoms with Crippen LogP contribution in [0.3, 0.4) is 0 Å². The average molecular weight is 526 g/mol. The molecule has 6 heteroatoms. The van der Waals surface area contributed by atoms with Crippen molar-refractivity contribution >= 4 is 22.6 Å². The third-order valence-corrected chi connectivity index (χ3v) is 7.73. The number of pyridine rings is 1. The normalized spacial score (nSPS) is 16.5. The van der Waals surface area contributed by atoms with Crippen molar-refractivity contribution in [1.82, 2.24) is 9.55 Å². The van der Waals surface area contributed by atoms with Crippen molar-refractivity contribution in [2.75, 3.05) is 24.6 Å². The Balaban J connectivity index is 1.93. The molecule has 1 unspecified atom stereocenters. The Morgan fingerprint density at radius 2 is 1.79 bits per heavy atom. The Bertz CT molecular complexity index is 1500. The van der Waals surface area contributed by atoms with Gasteiger partial charge in [0.05, 0.1) is 12.2 Å². The second-order valence-electron chi connectivity index (χ2n) is 10.4. The first-order chi connectivity index (χ1) is 18.9. The zero-order valence-electron chi connectivity index (χ0n) is 24.0. The Morgan fingerprint density at radius 3 is 2.49 bits per heavy atom. The van der Waals surface area contributed by atoms with E-state index in [4.69, 9.17) is 14.5 Å². The number of esters is 1. The highest BCUT2D eigenvalue weighted by molar-refractivity contribution is 5.98. The van der Waals surface area contributed by atoms with E-state index in [2.05, 4.69) is 86.6 Å². The summed E-state index contributed by atoms with van der Waals surface area (Å²) in [6.07, 6.45) is 2.59. The summed E-state index contributed by atoms with van der Waals surface area (Å²) in [5, 5.41) is 1.07. The van der Waals surface area contributed by atoms with Crippen molar-refractivity contribution in [3.05, 3.63) is 88.9 Å². The summed E-state index contributed by atoms with van der Waals surface area (Å²) in [6.45, 7) is 16.0. The van der Waals surface area contributed by atoms with Gasteiger partial charge >= 0.3 is 5.97 Å². The van der Waals surface area contributed by atoms with E-state index in [1.54, 1.807) is 12.3 Å². The molecule has 39 heavy (non-hydrogen) atoms. The van der Waals surface area contributed by atoms with Crippen molar-refractivity contribution in [3.63, 3.8) is 0 Å². The molecule has 0 saturated carbocycles. The van der Waals surface area contributed by atoms with E-state index in [0.717, 1.165) is 59.5 Å². The zero-order chi connectivity index (χ0) is 27.7. The number of hydrogen-bond acceptors (Lipinski definition) is 5. The fraction of sp³-hybridized carbons (Fsp3) is 0.394. The smallest absolute Gasteiger partial charge is 0.341 e. The maximum atomic E-state index is 13.6. The van der Waals surface area contributed by atoms with E-state index < -0.39 is 5.60 Å². The number of fused-ring (bicyclic) bond motifs is 2. The van der Waals surface area contributed by atoms with Crippen molar-refractivity contribution < 1.29 is 14.3 Å². The molecule has 0 spiro atoms. The molecule has 0 radical (unpaired) electrons. The first-order valence-corrected chi connectivity index (χ1v) is 14.2. The first kappa shape index (κ1) is 26.8. The minimum Gasteiger partial charge on any atom is -0.493 e. The Labute approximate surface area is 231 Å². The summed E-state index contributed by atoms with van der Waals surface area (Å²) in [7, 11) is 0. The van der Waals surface area contributed by atoms with Crippen LogP contribution >= 0.6 is 0 Å². The number of benzene rings is 2. The number of rotatable bonds is 10. The molecule has 5 rings (SSSR count). The fourth-order valence-corrected chi connectivity index (χ4v) is 6.15. The molecule has 6 nitrogen and oxygen atoms in total. The molecule has 4 aromatic rings. The van der Waals surface area contributed by atoms with Gasteiger partial charge < -0.3 is 18.9 Å². The van der Waals surface area contributed by atoms with E-state index in [9.17, 15) is 4.79 Å². The van der Waals surface area contributed by atoms with Crippen molar-refractivity contribution in [2.45, 2.75) is 60.1 Å². The van der Waals surface area contributed by atoms with Crippen LogP contribution in [-0.4, -0.2) is 35.2 Å². The molecule has 0 N–H and O–H groups in total. The van der Waals surface area contributed by atoms with Gasteiger partial charge in [-0.25, -0.2) is 4.79 Å². The number of carbonyl (C=O) groups excluding carboxylic acids is 1. The summed E-state index contributed by atoms with van der Waals surface area (Å²) >= 11 is 0. The van der Waals surface area contributed by atoms with E-state index in [1.165, 1.54) is 0 Å². The van der Waals surface area contributed by atoms with Gasteiger partial charge in [0.25, 0.3) is 0 Å². The highest BCUT2D eigenvalue weighted by Gasteiger charge is 2.54. The highest BCUT2D eigenvalue weighted by atomic mass is 16.6. The second-order valence-corrected chi connectivity index (χ2v) is 10.4. The molecule has 1 atom stereocenters. The summed E-state index contributed by atoms with van der Waals surface area (Å²) < 4.78 is 15.3. The fourth-order valence-electron chi connectivity index (χ4n) is 6.15. The second kappa shape index (κ2) is 10.8. The van der Waals surface area contributed by atoms with Gasteiger partial charge in [-0.3, -0.25) is 4.98 Å². The topological polar surface area (TPSA) is 56.6 Å². The van der Waals surface area contributed by atoms with Gasteiger partial charge in [0.2, 0.25) is 5.60 Å². The zero-order valence-corrected chi connectivity index (χ0v) is 24.0. The van der Waals surface area contributed by atoms with Crippen LogP contribution in [0.5, 0.6) is 5.75 Å². The molecule has 2 aromatic carbocycles. The lowest BCUT2D eigenvalue weighted by Crippen LogP contribution is -2.33. The average Bonchev–Trinajstić information content (AvgIpc) is 3.41. The number of hydrogen-bond donors (Lipinski definition) is 0. The van der Waals surface area contributed by atoms with E-state index in [1.807, 2.05) is 13.0 Å². The van der Waals surface area contributed by atoms with Crippen molar-refractivity contribution in [2.24, 2.45) is 5.92 Å². The number of aryl methyl sites for hydroxylation is 1. The largest absolute Gasteiger partial charge is 0.493 e. The van der Waals surface area contributed by atoms with Crippen LogP contribution in [0.25, 0.3) is 10.9 Å². The number of ether oxygens (including phenoxy) is 2. The summed E-state index contributed by atoms with van der Waals surface area (Å²) in [5.41, 5.74) is 5.02. The number of anilines is 1. The van der Waals surface area contributed by atoms with Crippen LogP contribution in [0.4, 0.5) is 5.69 Å². The monoisotopic (exact) mass is 525 g/mol. The lowest BCUT2D eigenvalue weighted by molar-refractivity contribution is 0.0236. The predicted octanol–water partition coefficient (Wildman–Crippen LogP) is 6.96. The van der Waals surface area contributed by atoms with Crippen LogP contribution in [0.1, 0.15) is 74.4 Å². The Morgan fingerprint density at radius 1 is 1.03 bits per heavy atom. The maximum absolute atomic E-state index is 13.6. The van der Waals surface area contributed by atoms with Crippen LogP contribution in [-0.2, 0) is 23.3 Å². The SMILES string of the molecule is CCOc1cc(N(CC)CC)ccc1C1(c2c(CC(C)C)n(CC)c3ccccc23)OC(=O)c2cccnc21. The standard InChI is InChI=1S/C33H39N3O3/c1-7-35(8-2)23-17-18-26(29(21-23)38-10-4)33(31-25(32(37)39-33)15-13-19-34-31)30-24-14-11-12-16-27(24)36(9-3)28(30)20-22(5)6/h11-19,21-22H,7-10,20H2,1-6H3. The van der Waals surface area contributed by atoms with Gasteiger partial charge in [0, 0.05) is 65.3 Å². The molecule has 2 aromatic heterocycles. The van der Waals surface area contributed by atoms with Crippen LogP contribution < -0.4 is 9.64 Å². The van der Waals surface area contributed by atoms with Gasteiger partial charge in [-0.15, -0.1) is 0 Å². The molecular formula is C33H39N3O3. The molecule has 0 aliphatic carbocycles. The summed E-state index contributed by atoms with van der Waals surface area (Å²) in [5.74, 6) is 0.737. The van der Waals surface area contributed by atoms with Gasteiger partial charge in [-0.1, -0.05) is 32.0 Å². The van der Waals surface area contributed by atoms with Gasteiger partial charge in [-0.05, 0) is 70.4 Å². The highest BCUT2D eigenvalue weighted by Crippen LogP contribution is 2.53. The van der Waals surface area contributed by atoms with E-state index in [-0.39, 0.29) is 5.97 Å². The van der Waals surface area contributed by atoms with Crippen LogP contribution in [0.2, 0.25) is 0 Å². The summed E-state index contributed by atoms with van der Waals surface area (Å²) in [4.78, 5) is 20.7. The van der Waals surface area contributed by atoms with Gasteiger partial charge in [0.1, 0.15) is 11.4 Å². The number of cyclic esters (lactones) is 1. The van der Waals surface area contributed by atoms with Crippen molar-refractivity contribution in [3.8, 4) is 5.75 Å². The summed E-state index contributed by atoms with van der Waals surface area (Å²) in [6, 6.07) is 18.3.